The van der Waals surface area contributed by atoms with Crippen LogP contribution >= 0.6 is 0 Å². The predicted octanol–water partition coefficient (Wildman–Crippen LogP) is 9.34. The normalized spacial score (nSPS) is 13.5. The van der Waals surface area contributed by atoms with Gasteiger partial charge in [-0.15, -0.1) is 0 Å². The molecular weight excluding hydrogens is 573 g/mol. The lowest BCUT2D eigenvalue weighted by Gasteiger charge is -2.46. The van der Waals surface area contributed by atoms with Gasteiger partial charge in [-0.2, -0.15) is 0 Å². The van der Waals surface area contributed by atoms with Gasteiger partial charge in [-0.3, -0.25) is 0 Å². The number of ether oxygens (including phenoxy) is 1. The number of anilines is 9. The first kappa shape index (κ1) is 26.1. The molecule has 0 aromatic heterocycles. The third kappa shape index (κ3) is 3.77. The van der Waals surface area contributed by atoms with Crippen molar-refractivity contribution in [1.82, 2.24) is 0 Å². The zero-order chi connectivity index (χ0) is 30.9. The topological polar surface area (TPSA) is 19.0 Å². The Morgan fingerprint density at radius 1 is 0.383 bits per heavy atom. The SMILES string of the molecule is c1ccc(N2c3ccccc3Oc3c2cc2c4c3N(c3ccccc3)c3ccccc3B4c3ccccc3N2c2ccccc2)cc1. The van der Waals surface area contributed by atoms with Crippen LogP contribution in [0.5, 0.6) is 11.5 Å². The number of para-hydroxylation sites is 7. The molecule has 3 heterocycles. The van der Waals surface area contributed by atoms with Crippen molar-refractivity contribution in [2.75, 3.05) is 14.7 Å². The summed E-state index contributed by atoms with van der Waals surface area (Å²) in [6.07, 6.45) is 0. The van der Waals surface area contributed by atoms with Crippen LogP contribution in [0.4, 0.5) is 51.2 Å². The third-order valence-corrected chi connectivity index (χ3v) is 9.58. The van der Waals surface area contributed by atoms with Gasteiger partial charge in [0, 0.05) is 34.1 Å². The Hall–Kier alpha value is -6.20. The third-order valence-electron chi connectivity index (χ3n) is 9.58. The van der Waals surface area contributed by atoms with E-state index in [1.807, 2.05) is 0 Å². The number of rotatable bonds is 3. The van der Waals surface area contributed by atoms with E-state index in [0.717, 1.165) is 57.0 Å². The van der Waals surface area contributed by atoms with Crippen molar-refractivity contribution < 1.29 is 4.74 Å². The molecule has 0 amide bonds. The summed E-state index contributed by atoms with van der Waals surface area (Å²) in [4.78, 5) is 7.21. The predicted molar refractivity (Wildman–Crippen MR) is 195 cm³/mol. The van der Waals surface area contributed by atoms with Crippen LogP contribution in [0, 0.1) is 0 Å². The Labute approximate surface area is 274 Å². The molecule has 7 aromatic rings. The van der Waals surface area contributed by atoms with Gasteiger partial charge in [0.2, 0.25) is 0 Å². The van der Waals surface area contributed by atoms with Gasteiger partial charge in [0.15, 0.2) is 11.5 Å². The van der Waals surface area contributed by atoms with Gasteiger partial charge >= 0.3 is 0 Å². The summed E-state index contributed by atoms with van der Waals surface area (Å²) in [7, 11) is 0. The number of hydrogen-bond acceptors (Lipinski definition) is 4. The number of nitrogens with zero attached hydrogens (tertiary/aromatic N) is 3. The molecule has 7 aromatic carbocycles. The van der Waals surface area contributed by atoms with Crippen molar-refractivity contribution in [2.45, 2.75) is 0 Å². The molecule has 4 nitrogen and oxygen atoms in total. The molecular formula is C42H28BN3O. The lowest BCUT2D eigenvalue weighted by Crippen LogP contribution is -2.61. The largest absolute Gasteiger partial charge is 0.451 e. The molecule has 0 saturated heterocycles. The first-order valence-electron chi connectivity index (χ1n) is 16.1. The molecule has 0 bridgehead atoms. The van der Waals surface area contributed by atoms with Crippen LogP contribution in [-0.4, -0.2) is 6.71 Å². The molecule has 47 heavy (non-hydrogen) atoms. The summed E-state index contributed by atoms with van der Waals surface area (Å²) in [5, 5.41) is 0. The Morgan fingerprint density at radius 2 is 0.830 bits per heavy atom. The first-order chi connectivity index (χ1) is 23.4. The van der Waals surface area contributed by atoms with Crippen molar-refractivity contribution in [1.29, 1.82) is 0 Å². The molecule has 5 heteroatoms. The van der Waals surface area contributed by atoms with E-state index in [1.54, 1.807) is 0 Å². The van der Waals surface area contributed by atoms with Crippen LogP contribution in [0.25, 0.3) is 0 Å². The highest BCUT2D eigenvalue weighted by molar-refractivity contribution is 7.00. The molecule has 3 aliphatic heterocycles. The highest BCUT2D eigenvalue weighted by Crippen LogP contribution is 2.58. The van der Waals surface area contributed by atoms with Crippen LogP contribution in [0.3, 0.4) is 0 Å². The zero-order valence-corrected chi connectivity index (χ0v) is 25.5. The van der Waals surface area contributed by atoms with Crippen molar-refractivity contribution in [2.24, 2.45) is 0 Å². The number of hydrogen-bond donors (Lipinski definition) is 0. The minimum absolute atomic E-state index is 0.0172. The van der Waals surface area contributed by atoms with Gasteiger partial charge in [0.05, 0.1) is 17.1 Å². The lowest BCUT2D eigenvalue weighted by molar-refractivity contribution is 0.478. The van der Waals surface area contributed by atoms with Gasteiger partial charge in [0.1, 0.15) is 0 Å². The highest BCUT2D eigenvalue weighted by Gasteiger charge is 2.46. The molecule has 220 valence electrons. The fourth-order valence-electron chi connectivity index (χ4n) is 7.72. The van der Waals surface area contributed by atoms with Gasteiger partial charge < -0.3 is 19.4 Å². The van der Waals surface area contributed by atoms with Gasteiger partial charge in [-0.05, 0) is 83.1 Å². The second-order valence-corrected chi connectivity index (χ2v) is 12.1. The zero-order valence-electron chi connectivity index (χ0n) is 25.5. The Bertz CT molecular complexity index is 2300. The van der Waals surface area contributed by atoms with Crippen LogP contribution in [0.2, 0.25) is 0 Å². The molecule has 0 unspecified atom stereocenters. The van der Waals surface area contributed by atoms with Gasteiger partial charge in [-0.25, -0.2) is 0 Å². The van der Waals surface area contributed by atoms with Crippen molar-refractivity contribution >= 4 is 74.3 Å². The lowest BCUT2D eigenvalue weighted by atomic mass is 9.33. The molecule has 0 atom stereocenters. The molecule has 3 aliphatic rings. The minimum Gasteiger partial charge on any atom is -0.451 e. The van der Waals surface area contributed by atoms with E-state index in [0.29, 0.717) is 0 Å². The minimum atomic E-state index is 0.0172. The highest BCUT2D eigenvalue weighted by atomic mass is 16.5. The van der Waals surface area contributed by atoms with E-state index >= 15 is 0 Å². The average molecular weight is 602 g/mol. The fraction of sp³-hybridized carbons (Fsp3) is 0. The van der Waals surface area contributed by atoms with Gasteiger partial charge in [0.25, 0.3) is 6.71 Å². The summed E-state index contributed by atoms with van der Waals surface area (Å²) in [5.74, 6) is 1.68. The van der Waals surface area contributed by atoms with Crippen molar-refractivity contribution in [3.8, 4) is 11.5 Å². The molecule has 0 spiro atoms. The van der Waals surface area contributed by atoms with Crippen LogP contribution in [0.15, 0.2) is 170 Å². The summed E-state index contributed by atoms with van der Waals surface area (Å²) >= 11 is 0. The summed E-state index contributed by atoms with van der Waals surface area (Å²) < 4.78 is 7.09. The molecule has 10 rings (SSSR count). The summed E-state index contributed by atoms with van der Waals surface area (Å²) in [5.41, 5.74) is 13.7. The van der Waals surface area contributed by atoms with E-state index in [1.165, 1.54) is 22.1 Å². The molecule has 0 fully saturated rings. The van der Waals surface area contributed by atoms with Gasteiger partial charge in [-0.1, -0.05) is 103 Å². The molecule has 0 saturated carbocycles. The van der Waals surface area contributed by atoms with E-state index in [9.17, 15) is 0 Å². The summed E-state index contributed by atoms with van der Waals surface area (Å²) in [6.45, 7) is 0.0172. The quantitative estimate of drug-likeness (QED) is 0.188. The average Bonchev–Trinajstić information content (AvgIpc) is 3.15. The molecule has 0 N–H and O–H groups in total. The molecule has 0 radical (unpaired) electrons. The second-order valence-electron chi connectivity index (χ2n) is 12.1. The maximum Gasteiger partial charge on any atom is 0.252 e. The van der Waals surface area contributed by atoms with E-state index in [-0.39, 0.29) is 6.71 Å². The number of benzene rings is 7. The standard InChI is InChI=1S/C42H28BN3O/c1-4-16-29(17-5-1)44-34-24-12-10-22-32(34)43-33-23-11-13-25-35(33)46(31-20-8-3-9-21-31)41-40(43)37(44)28-38-42(41)47-39-27-15-14-26-36(39)45(38)30-18-6-2-7-19-30/h1-28H. The Balaban J connectivity index is 1.38. The van der Waals surface area contributed by atoms with Crippen LogP contribution in [0.1, 0.15) is 0 Å². The van der Waals surface area contributed by atoms with E-state index in [4.69, 9.17) is 4.74 Å². The van der Waals surface area contributed by atoms with Crippen LogP contribution in [-0.2, 0) is 0 Å². The number of fused-ring (bicyclic) bond motifs is 7. The smallest absolute Gasteiger partial charge is 0.252 e. The van der Waals surface area contributed by atoms with E-state index < -0.39 is 0 Å². The Morgan fingerprint density at radius 3 is 1.43 bits per heavy atom. The maximum atomic E-state index is 7.09. The Kier molecular flexibility index (Phi) is 5.63. The summed E-state index contributed by atoms with van der Waals surface area (Å²) in [6, 6.07) is 60.5. The second kappa shape index (κ2) is 10.2. The maximum absolute atomic E-state index is 7.09. The molecule has 0 aliphatic carbocycles. The monoisotopic (exact) mass is 601 g/mol. The van der Waals surface area contributed by atoms with Crippen molar-refractivity contribution in [3.05, 3.63) is 170 Å². The fourth-order valence-corrected chi connectivity index (χ4v) is 7.72. The van der Waals surface area contributed by atoms with E-state index in [2.05, 4.69) is 185 Å². The first-order valence-corrected chi connectivity index (χ1v) is 16.1. The van der Waals surface area contributed by atoms with Crippen LogP contribution < -0.4 is 35.8 Å². The van der Waals surface area contributed by atoms with Crippen molar-refractivity contribution in [3.63, 3.8) is 0 Å².